The molecule has 0 radical (unpaired) electrons. The van der Waals surface area contributed by atoms with E-state index in [-0.39, 0.29) is 23.7 Å². The number of carboxylic acids is 1. The molecule has 2 aromatic carbocycles. The third-order valence-electron chi connectivity index (χ3n) is 7.30. The standard InChI is InChI=1S/C31H30O7/c1-3-6-20-15-21(16-26(36-2)30(20)37-17-18-11-13-19(14-12-18)31(34)35)27-28-22(32)7-4-9-24(28)38-25-10-5-8-23(33)29(25)27/h3,11-16,27H,1,4-10,17H2,2H3,(H,34,35). The van der Waals surface area contributed by atoms with Crippen molar-refractivity contribution in [3.8, 4) is 11.5 Å². The van der Waals surface area contributed by atoms with Gasteiger partial charge in [-0.3, -0.25) is 9.59 Å². The molecule has 0 saturated heterocycles. The van der Waals surface area contributed by atoms with E-state index in [2.05, 4.69) is 6.58 Å². The molecule has 0 saturated carbocycles. The Labute approximate surface area is 221 Å². The molecule has 0 atom stereocenters. The number of carbonyl (C=O) groups is 3. The van der Waals surface area contributed by atoms with Crippen molar-refractivity contribution in [2.45, 2.75) is 57.5 Å². The van der Waals surface area contributed by atoms with Crippen molar-refractivity contribution in [1.29, 1.82) is 0 Å². The summed E-state index contributed by atoms with van der Waals surface area (Å²) in [5.41, 5.74) is 3.80. The lowest BCUT2D eigenvalue weighted by atomic mass is 9.73. The predicted octanol–water partition coefficient (Wildman–Crippen LogP) is 5.83. The monoisotopic (exact) mass is 514 g/mol. The molecule has 0 amide bonds. The maximum Gasteiger partial charge on any atom is 0.335 e. The average Bonchev–Trinajstić information content (AvgIpc) is 2.91. The topological polar surface area (TPSA) is 99.1 Å². The van der Waals surface area contributed by atoms with Gasteiger partial charge in [0.1, 0.15) is 18.1 Å². The molecule has 7 nitrogen and oxygen atoms in total. The molecule has 1 aliphatic heterocycles. The highest BCUT2D eigenvalue weighted by Gasteiger charge is 2.42. The van der Waals surface area contributed by atoms with Crippen molar-refractivity contribution < 1.29 is 33.7 Å². The molecule has 0 aromatic heterocycles. The summed E-state index contributed by atoms with van der Waals surface area (Å²) >= 11 is 0. The quantitative estimate of drug-likeness (QED) is 0.443. The fraction of sp³-hybridized carbons (Fsp3) is 0.323. The lowest BCUT2D eigenvalue weighted by molar-refractivity contribution is -0.117. The molecule has 38 heavy (non-hydrogen) atoms. The molecule has 2 aliphatic carbocycles. The van der Waals surface area contributed by atoms with Crippen molar-refractivity contribution in [1.82, 2.24) is 0 Å². The Bertz CT molecular complexity index is 1340. The fourth-order valence-electron chi connectivity index (χ4n) is 5.52. The molecule has 0 bridgehead atoms. The van der Waals surface area contributed by atoms with E-state index in [0.29, 0.717) is 66.3 Å². The van der Waals surface area contributed by atoms with E-state index < -0.39 is 11.9 Å². The van der Waals surface area contributed by atoms with Gasteiger partial charge in [-0.1, -0.05) is 24.3 Å². The van der Waals surface area contributed by atoms with Gasteiger partial charge in [0.05, 0.1) is 12.7 Å². The number of benzene rings is 2. The van der Waals surface area contributed by atoms with Crippen LogP contribution in [0, 0.1) is 0 Å². The second-order valence-electron chi connectivity index (χ2n) is 9.76. The van der Waals surface area contributed by atoms with Crippen LogP contribution >= 0.6 is 0 Å². The molecule has 5 rings (SSSR count). The van der Waals surface area contributed by atoms with Crippen LogP contribution in [0.15, 0.2) is 71.7 Å². The van der Waals surface area contributed by atoms with Crippen LogP contribution in [0.25, 0.3) is 0 Å². The number of hydrogen-bond acceptors (Lipinski definition) is 6. The number of rotatable bonds is 8. The summed E-state index contributed by atoms with van der Waals surface area (Å²) < 4.78 is 18.1. The predicted molar refractivity (Wildman–Crippen MR) is 140 cm³/mol. The largest absolute Gasteiger partial charge is 0.493 e. The van der Waals surface area contributed by atoms with Gasteiger partial charge in [-0.15, -0.1) is 6.58 Å². The molecule has 0 fully saturated rings. The summed E-state index contributed by atoms with van der Waals surface area (Å²) in [6.45, 7) is 4.10. The fourth-order valence-corrected chi connectivity index (χ4v) is 5.52. The Kier molecular flexibility index (Phi) is 7.18. The minimum absolute atomic E-state index is 0.0237. The van der Waals surface area contributed by atoms with E-state index in [4.69, 9.17) is 19.3 Å². The summed E-state index contributed by atoms with van der Waals surface area (Å²) in [4.78, 5) is 37.5. The number of aromatic carboxylic acids is 1. The second kappa shape index (κ2) is 10.7. The van der Waals surface area contributed by atoms with Crippen LogP contribution in [-0.2, 0) is 27.4 Å². The third-order valence-corrected chi connectivity index (χ3v) is 7.30. The van der Waals surface area contributed by atoms with Gasteiger partial charge < -0.3 is 19.3 Å². The van der Waals surface area contributed by atoms with Crippen LogP contribution in [0.4, 0.5) is 0 Å². The van der Waals surface area contributed by atoms with E-state index in [1.807, 2.05) is 12.1 Å². The Balaban J connectivity index is 1.56. The zero-order valence-electron chi connectivity index (χ0n) is 21.4. The van der Waals surface area contributed by atoms with Gasteiger partial charge >= 0.3 is 5.97 Å². The number of hydrogen-bond donors (Lipinski definition) is 1. The smallest absolute Gasteiger partial charge is 0.335 e. The Hall–Kier alpha value is -4.13. The van der Waals surface area contributed by atoms with E-state index in [1.54, 1.807) is 25.3 Å². The zero-order chi connectivity index (χ0) is 26.8. The number of allylic oxidation sites excluding steroid dienone is 5. The van der Waals surface area contributed by atoms with Crippen molar-refractivity contribution in [2.24, 2.45) is 0 Å². The normalized spacial score (nSPS) is 17.5. The van der Waals surface area contributed by atoms with E-state index in [1.165, 1.54) is 12.1 Å². The number of carboxylic acid groups (broad SMARTS) is 1. The lowest BCUT2D eigenvalue weighted by Gasteiger charge is -2.36. The molecule has 7 heteroatoms. The van der Waals surface area contributed by atoms with Crippen molar-refractivity contribution in [3.63, 3.8) is 0 Å². The summed E-state index contributed by atoms with van der Waals surface area (Å²) in [5, 5.41) is 9.14. The molecule has 196 valence electrons. The highest BCUT2D eigenvalue weighted by molar-refractivity contribution is 6.05. The van der Waals surface area contributed by atoms with Gasteiger partial charge in [-0.2, -0.15) is 0 Å². The average molecular weight is 515 g/mol. The maximum absolute atomic E-state index is 13.2. The Morgan fingerprint density at radius 2 is 1.66 bits per heavy atom. The second-order valence-corrected chi connectivity index (χ2v) is 9.76. The van der Waals surface area contributed by atoms with Crippen LogP contribution in [0.1, 0.15) is 71.5 Å². The van der Waals surface area contributed by atoms with Crippen LogP contribution in [0.5, 0.6) is 11.5 Å². The summed E-state index contributed by atoms with van der Waals surface area (Å²) in [5.74, 6) is 0.974. The number of ketones is 2. The molecule has 1 N–H and O–H groups in total. The van der Waals surface area contributed by atoms with Gasteiger partial charge in [0.15, 0.2) is 23.1 Å². The van der Waals surface area contributed by atoms with Crippen LogP contribution in [-0.4, -0.2) is 29.8 Å². The maximum atomic E-state index is 13.2. The molecular weight excluding hydrogens is 484 g/mol. The van der Waals surface area contributed by atoms with Crippen molar-refractivity contribution in [3.05, 3.63) is 94.0 Å². The van der Waals surface area contributed by atoms with Crippen LogP contribution < -0.4 is 9.47 Å². The molecule has 2 aromatic rings. The number of Topliss-reactive ketones (excluding diaryl/α,β-unsaturated/α-hetero) is 2. The number of methoxy groups -OCH3 is 1. The number of carbonyl (C=O) groups excluding carboxylic acids is 2. The van der Waals surface area contributed by atoms with Crippen LogP contribution in [0.3, 0.4) is 0 Å². The molecule has 1 heterocycles. The first-order valence-electron chi connectivity index (χ1n) is 12.9. The molecule has 0 unspecified atom stereocenters. The lowest BCUT2D eigenvalue weighted by Crippen LogP contribution is -2.30. The summed E-state index contributed by atoms with van der Waals surface area (Å²) in [6.07, 6.45) is 5.98. The van der Waals surface area contributed by atoms with Crippen LogP contribution in [0.2, 0.25) is 0 Å². The van der Waals surface area contributed by atoms with Gasteiger partial charge in [0.2, 0.25) is 0 Å². The first-order chi connectivity index (χ1) is 18.4. The van der Waals surface area contributed by atoms with Crippen molar-refractivity contribution >= 4 is 17.5 Å². The van der Waals surface area contributed by atoms with E-state index >= 15 is 0 Å². The van der Waals surface area contributed by atoms with Crippen molar-refractivity contribution in [2.75, 3.05) is 7.11 Å². The van der Waals surface area contributed by atoms with Gasteiger partial charge in [-0.05, 0) is 48.6 Å². The molecule has 0 spiro atoms. The summed E-state index contributed by atoms with van der Waals surface area (Å²) in [6, 6.07) is 10.3. The van der Waals surface area contributed by atoms with Gasteiger partial charge in [-0.25, -0.2) is 4.79 Å². The molecular formula is C31H30O7. The SMILES string of the molecule is C=CCc1cc(C2C3=C(CCCC3=O)OC3=C2C(=O)CCC3)cc(OC)c1OCc1ccc(C(=O)O)cc1. The molecule has 3 aliphatic rings. The summed E-state index contributed by atoms with van der Waals surface area (Å²) in [7, 11) is 1.56. The Morgan fingerprint density at radius 3 is 2.21 bits per heavy atom. The Morgan fingerprint density at radius 1 is 1.03 bits per heavy atom. The van der Waals surface area contributed by atoms with Gasteiger partial charge in [0, 0.05) is 48.3 Å². The first-order valence-corrected chi connectivity index (χ1v) is 12.9. The minimum Gasteiger partial charge on any atom is -0.493 e. The first kappa shape index (κ1) is 25.5. The van der Waals surface area contributed by atoms with E-state index in [0.717, 1.165) is 29.5 Å². The van der Waals surface area contributed by atoms with Gasteiger partial charge in [0.25, 0.3) is 0 Å². The third kappa shape index (κ3) is 4.76. The zero-order valence-corrected chi connectivity index (χ0v) is 21.4. The highest BCUT2D eigenvalue weighted by Crippen LogP contribution is 2.49. The number of ether oxygens (including phenoxy) is 3. The highest BCUT2D eigenvalue weighted by atomic mass is 16.5. The minimum atomic E-state index is -0.986. The van der Waals surface area contributed by atoms with E-state index in [9.17, 15) is 14.4 Å².